The normalized spacial score (nSPS) is 21.8. The van der Waals surface area contributed by atoms with Crippen LogP contribution >= 0.6 is 31.9 Å². The van der Waals surface area contributed by atoms with Gasteiger partial charge in [-0.3, -0.25) is 0 Å². The van der Waals surface area contributed by atoms with Crippen molar-refractivity contribution in [2.75, 3.05) is 5.32 Å². The highest BCUT2D eigenvalue weighted by Crippen LogP contribution is 2.41. The van der Waals surface area contributed by atoms with Crippen molar-refractivity contribution in [1.82, 2.24) is 4.98 Å². The van der Waals surface area contributed by atoms with Crippen LogP contribution < -0.4 is 5.32 Å². The van der Waals surface area contributed by atoms with E-state index in [0.717, 1.165) is 10.3 Å². The fraction of sp³-hybridized carbons (Fsp3) is 0.267. The second kappa shape index (κ2) is 5.63. The van der Waals surface area contributed by atoms with Crippen molar-refractivity contribution < 1.29 is 0 Å². The van der Waals surface area contributed by atoms with Crippen LogP contribution in [0.1, 0.15) is 24.3 Å². The van der Waals surface area contributed by atoms with Crippen LogP contribution in [0.2, 0.25) is 0 Å². The zero-order valence-corrected chi connectivity index (χ0v) is 13.5. The van der Waals surface area contributed by atoms with Crippen molar-refractivity contribution in [3.63, 3.8) is 0 Å². The topological polar surface area (TPSA) is 24.9 Å². The maximum Gasteiger partial charge on any atom is 0.129 e. The fourth-order valence-corrected chi connectivity index (χ4v) is 3.48. The number of nitrogens with zero attached hydrogens (tertiary/aromatic N) is 1. The molecule has 0 radical (unpaired) electrons. The summed E-state index contributed by atoms with van der Waals surface area (Å²) < 4.78 is 2.11. The van der Waals surface area contributed by atoms with Crippen LogP contribution in [-0.2, 0) is 0 Å². The van der Waals surface area contributed by atoms with Gasteiger partial charge in [0, 0.05) is 16.7 Å². The largest absolute Gasteiger partial charge is 0.380 e. The molecule has 1 aromatic heterocycles. The number of hydrogen-bond acceptors (Lipinski definition) is 2. The first-order valence-electron chi connectivity index (χ1n) is 6.35. The van der Waals surface area contributed by atoms with Crippen LogP contribution in [0.4, 0.5) is 5.69 Å². The standard InChI is InChI=1S/C15H14Br2N2/c16-13-5-2-1-4-12(13)10-8-11(9-10)19-14-6-3-7-18-15(14)17/h1-7,10-11,19H,8-9H2. The van der Waals surface area contributed by atoms with Gasteiger partial charge in [0.05, 0.1) is 5.69 Å². The quantitative estimate of drug-likeness (QED) is 0.759. The van der Waals surface area contributed by atoms with Gasteiger partial charge >= 0.3 is 0 Å². The van der Waals surface area contributed by atoms with E-state index in [0.29, 0.717) is 12.0 Å². The number of anilines is 1. The predicted molar refractivity (Wildman–Crippen MR) is 85.5 cm³/mol. The molecule has 1 aliphatic carbocycles. The van der Waals surface area contributed by atoms with Gasteiger partial charge in [-0.15, -0.1) is 0 Å². The molecule has 1 saturated carbocycles. The lowest BCUT2D eigenvalue weighted by molar-refractivity contribution is 0.373. The predicted octanol–water partition coefficient (Wildman–Crippen LogP) is 4.96. The molecule has 0 spiro atoms. The average Bonchev–Trinajstić information content (AvgIpc) is 2.37. The zero-order valence-electron chi connectivity index (χ0n) is 10.3. The molecule has 98 valence electrons. The fourth-order valence-electron chi connectivity index (χ4n) is 2.51. The highest BCUT2D eigenvalue weighted by Gasteiger charge is 2.31. The number of nitrogens with one attached hydrogen (secondary N) is 1. The Hall–Kier alpha value is -0.870. The van der Waals surface area contributed by atoms with Gasteiger partial charge in [0.1, 0.15) is 4.60 Å². The van der Waals surface area contributed by atoms with Gasteiger partial charge in [-0.1, -0.05) is 34.1 Å². The van der Waals surface area contributed by atoms with E-state index in [1.54, 1.807) is 6.20 Å². The van der Waals surface area contributed by atoms with Crippen LogP contribution in [-0.4, -0.2) is 11.0 Å². The van der Waals surface area contributed by atoms with Crippen molar-refractivity contribution in [2.24, 2.45) is 0 Å². The van der Waals surface area contributed by atoms with E-state index in [9.17, 15) is 0 Å². The Labute approximate surface area is 129 Å². The molecule has 1 aliphatic rings. The Morgan fingerprint density at radius 3 is 2.58 bits per heavy atom. The SMILES string of the molecule is Brc1ccccc1C1CC(Nc2cccnc2Br)C1. The minimum atomic E-state index is 0.539. The highest BCUT2D eigenvalue weighted by molar-refractivity contribution is 9.10. The van der Waals surface area contributed by atoms with Gasteiger partial charge < -0.3 is 5.32 Å². The maximum absolute atomic E-state index is 4.23. The number of hydrogen-bond donors (Lipinski definition) is 1. The van der Waals surface area contributed by atoms with Gasteiger partial charge in [-0.2, -0.15) is 0 Å². The Bertz CT molecular complexity index is 580. The first-order valence-corrected chi connectivity index (χ1v) is 7.94. The van der Waals surface area contributed by atoms with E-state index in [1.807, 2.05) is 6.07 Å². The minimum absolute atomic E-state index is 0.539. The lowest BCUT2D eigenvalue weighted by atomic mass is 9.76. The molecule has 19 heavy (non-hydrogen) atoms. The van der Waals surface area contributed by atoms with Crippen LogP contribution in [0.15, 0.2) is 51.7 Å². The number of halogens is 2. The molecule has 3 rings (SSSR count). The molecule has 0 saturated heterocycles. The Morgan fingerprint density at radius 2 is 1.84 bits per heavy atom. The van der Waals surface area contributed by atoms with Gasteiger partial charge in [0.2, 0.25) is 0 Å². The van der Waals surface area contributed by atoms with Crippen LogP contribution in [0, 0.1) is 0 Å². The molecular weight excluding hydrogens is 368 g/mol. The van der Waals surface area contributed by atoms with Crippen LogP contribution in [0.25, 0.3) is 0 Å². The average molecular weight is 382 g/mol. The molecule has 1 fully saturated rings. The summed E-state index contributed by atoms with van der Waals surface area (Å²) in [6.07, 6.45) is 4.13. The monoisotopic (exact) mass is 380 g/mol. The summed E-state index contributed by atoms with van der Waals surface area (Å²) in [5, 5.41) is 3.54. The second-order valence-corrected chi connectivity index (χ2v) is 6.48. The lowest BCUT2D eigenvalue weighted by Gasteiger charge is -2.37. The minimum Gasteiger partial charge on any atom is -0.380 e. The van der Waals surface area contributed by atoms with E-state index < -0.39 is 0 Å². The summed E-state index contributed by atoms with van der Waals surface area (Å²) >= 11 is 7.10. The molecule has 1 N–H and O–H groups in total. The van der Waals surface area contributed by atoms with Gasteiger partial charge in [-0.05, 0) is 58.5 Å². The molecule has 0 amide bonds. The summed E-state index contributed by atoms with van der Waals surface area (Å²) in [7, 11) is 0. The highest BCUT2D eigenvalue weighted by atomic mass is 79.9. The van der Waals surface area contributed by atoms with Crippen LogP contribution in [0.5, 0.6) is 0 Å². The van der Waals surface area contributed by atoms with E-state index in [1.165, 1.54) is 22.9 Å². The lowest BCUT2D eigenvalue weighted by Crippen LogP contribution is -2.34. The summed E-state index contributed by atoms with van der Waals surface area (Å²) in [5.41, 5.74) is 2.50. The van der Waals surface area contributed by atoms with Crippen molar-refractivity contribution in [2.45, 2.75) is 24.8 Å². The number of benzene rings is 1. The summed E-state index contributed by atoms with van der Waals surface area (Å²) in [4.78, 5) is 4.23. The molecule has 0 unspecified atom stereocenters. The smallest absolute Gasteiger partial charge is 0.129 e. The second-order valence-electron chi connectivity index (χ2n) is 4.87. The Kier molecular flexibility index (Phi) is 3.89. The molecule has 1 aromatic carbocycles. The third-order valence-corrected chi connectivity index (χ3v) is 4.96. The Morgan fingerprint density at radius 1 is 1.05 bits per heavy atom. The van der Waals surface area contributed by atoms with Gasteiger partial charge in [0.25, 0.3) is 0 Å². The maximum atomic E-state index is 4.23. The zero-order chi connectivity index (χ0) is 13.2. The van der Waals surface area contributed by atoms with Crippen molar-refractivity contribution in [3.8, 4) is 0 Å². The molecular formula is C15H14Br2N2. The third kappa shape index (κ3) is 2.84. The molecule has 0 atom stereocenters. The van der Waals surface area contributed by atoms with Crippen molar-refractivity contribution in [3.05, 3.63) is 57.2 Å². The summed E-state index contributed by atoms with van der Waals surface area (Å²) in [6.45, 7) is 0. The molecule has 0 bridgehead atoms. The van der Waals surface area contributed by atoms with Gasteiger partial charge in [0.15, 0.2) is 0 Å². The molecule has 2 aromatic rings. The van der Waals surface area contributed by atoms with E-state index in [2.05, 4.69) is 72.5 Å². The molecule has 0 aliphatic heterocycles. The summed E-state index contributed by atoms with van der Waals surface area (Å²) in [5.74, 6) is 0.656. The first kappa shape index (κ1) is 13.1. The molecule has 1 heterocycles. The number of pyridine rings is 1. The van der Waals surface area contributed by atoms with Gasteiger partial charge in [-0.25, -0.2) is 4.98 Å². The number of aromatic nitrogens is 1. The van der Waals surface area contributed by atoms with E-state index in [4.69, 9.17) is 0 Å². The van der Waals surface area contributed by atoms with Crippen molar-refractivity contribution in [1.29, 1.82) is 0 Å². The number of rotatable bonds is 3. The van der Waals surface area contributed by atoms with Crippen LogP contribution in [0.3, 0.4) is 0 Å². The van der Waals surface area contributed by atoms with Crippen molar-refractivity contribution >= 4 is 37.5 Å². The molecule has 4 heteroatoms. The third-order valence-electron chi connectivity index (χ3n) is 3.60. The van der Waals surface area contributed by atoms with E-state index in [-0.39, 0.29) is 0 Å². The first-order chi connectivity index (χ1) is 9.24. The molecule has 2 nitrogen and oxygen atoms in total. The van der Waals surface area contributed by atoms with E-state index >= 15 is 0 Å². The Balaban J connectivity index is 1.62. The summed E-state index contributed by atoms with van der Waals surface area (Å²) in [6, 6.07) is 13.1.